The molecular weight excluding hydrogens is 285 g/mol. The Kier molecular flexibility index (Phi) is 6.64. The molecule has 4 nitrogen and oxygen atoms in total. The van der Waals surface area contributed by atoms with Crippen molar-refractivity contribution in [3.63, 3.8) is 0 Å². The fraction of sp³-hybridized carbons (Fsp3) is 0.500. The van der Waals surface area contributed by atoms with Gasteiger partial charge in [0, 0.05) is 25.4 Å². The monoisotopic (exact) mass is 304 g/mol. The zero-order valence-electron chi connectivity index (χ0n) is 12.0. The number of hydrogen-bond acceptors (Lipinski definition) is 3. The SMILES string of the molecule is CCOC(C)CNCc1cccc(NC(=O)C(F)(F)F)c1. The second-order valence-electron chi connectivity index (χ2n) is 4.55. The van der Waals surface area contributed by atoms with Gasteiger partial charge >= 0.3 is 12.1 Å². The number of amides is 1. The van der Waals surface area contributed by atoms with E-state index in [1.165, 1.54) is 12.1 Å². The number of anilines is 1. The van der Waals surface area contributed by atoms with E-state index < -0.39 is 12.1 Å². The zero-order valence-corrected chi connectivity index (χ0v) is 12.0. The van der Waals surface area contributed by atoms with Gasteiger partial charge in [0.1, 0.15) is 0 Å². The van der Waals surface area contributed by atoms with Crippen LogP contribution in [-0.2, 0) is 16.1 Å². The molecule has 0 saturated heterocycles. The maximum absolute atomic E-state index is 12.2. The van der Waals surface area contributed by atoms with Gasteiger partial charge in [0.2, 0.25) is 0 Å². The fourth-order valence-electron chi connectivity index (χ4n) is 1.72. The van der Waals surface area contributed by atoms with Crippen LogP contribution in [0.2, 0.25) is 0 Å². The number of carbonyl (C=O) groups excluding carboxylic acids is 1. The molecule has 21 heavy (non-hydrogen) atoms. The van der Waals surface area contributed by atoms with Crippen LogP contribution in [0.4, 0.5) is 18.9 Å². The molecule has 2 N–H and O–H groups in total. The summed E-state index contributed by atoms with van der Waals surface area (Å²) in [6.45, 7) is 5.57. The van der Waals surface area contributed by atoms with E-state index in [4.69, 9.17) is 4.74 Å². The summed E-state index contributed by atoms with van der Waals surface area (Å²) in [6, 6.07) is 6.27. The van der Waals surface area contributed by atoms with Gasteiger partial charge in [-0.3, -0.25) is 4.79 Å². The lowest BCUT2D eigenvalue weighted by Crippen LogP contribution is -2.30. The van der Waals surface area contributed by atoms with E-state index in [1.54, 1.807) is 12.1 Å². The first-order chi connectivity index (χ1) is 9.82. The lowest BCUT2D eigenvalue weighted by Gasteiger charge is -2.13. The van der Waals surface area contributed by atoms with Crippen molar-refractivity contribution in [2.45, 2.75) is 32.7 Å². The molecule has 0 spiro atoms. The molecule has 118 valence electrons. The number of carbonyl (C=O) groups is 1. The predicted molar refractivity (Wildman–Crippen MR) is 73.9 cm³/mol. The van der Waals surface area contributed by atoms with Crippen LogP contribution in [-0.4, -0.2) is 31.3 Å². The Balaban J connectivity index is 2.51. The maximum Gasteiger partial charge on any atom is 0.471 e. The second kappa shape index (κ2) is 7.99. The summed E-state index contributed by atoms with van der Waals surface area (Å²) in [4.78, 5) is 10.9. The Morgan fingerprint density at radius 3 is 2.71 bits per heavy atom. The third-order valence-electron chi connectivity index (χ3n) is 2.65. The fourth-order valence-corrected chi connectivity index (χ4v) is 1.72. The summed E-state index contributed by atoms with van der Waals surface area (Å²) in [6.07, 6.45) is -4.83. The molecule has 1 aromatic carbocycles. The molecule has 1 aromatic rings. The van der Waals surface area contributed by atoms with Crippen molar-refractivity contribution in [2.24, 2.45) is 0 Å². The number of halogens is 3. The molecular formula is C14H19F3N2O2. The molecule has 1 unspecified atom stereocenters. The number of hydrogen-bond donors (Lipinski definition) is 2. The van der Waals surface area contributed by atoms with Gasteiger partial charge in [-0.05, 0) is 31.5 Å². The molecule has 0 radical (unpaired) electrons. The average Bonchev–Trinajstić information content (AvgIpc) is 2.38. The Labute approximate surface area is 121 Å². The van der Waals surface area contributed by atoms with Crippen LogP contribution in [0.3, 0.4) is 0 Å². The molecule has 0 aliphatic carbocycles. The molecule has 1 rings (SSSR count). The Hall–Kier alpha value is -1.60. The molecule has 1 amide bonds. The third-order valence-corrected chi connectivity index (χ3v) is 2.65. The largest absolute Gasteiger partial charge is 0.471 e. The topological polar surface area (TPSA) is 50.4 Å². The van der Waals surface area contributed by atoms with Gasteiger partial charge in [-0.25, -0.2) is 0 Å². The minimum atomic E-state index is -4.89. The summed E-state index contributed by atoms with van der Waals surface area (Å²) >= 11 is 0. The summed E-state index contributed by atoms with van der Waals surface area (Å²) in [5, 5.41) is 4.96. The first kappa shape index (κ1) is 17.5. The molecule has 0 aromatic heterocycles. The van der Waals surface area contributed by atoms with E-state index >= 15 is 0 Å². The van der Waals surface area contributed by atoms with Crippen molar-refractivity contribution in [2.75, 3.05) is 18.5 Å². The number of ether oxygens (including phenoxy) is 1. The second-order valence-corrected chi connectivity index (χ2v) is 4.55. The lowest BCUT2D eigenvalue weighted by molar-refractivity contribution is -0.167. The number of nitrogens with one attached hydrogen (secondary N) is 2. The average molecular weight is 304 g/mol. The molecule has 0 heterocycles. The highest BCUT2D eigenvalue weighted by Crippen LogP contribution is 2.18. The Morgan fingerprint density at radius 1 is 1.38 bits per heavy atom. The first-order valence-corrected chi connectivity index (χ1v) is 6.62. The van der Waals surface area contributed by atoms with E-state index in [1.807, 2.05) is 19.2 Å². The Bertz CT molecular complexity index is 464. The molecule has 0 bridgehead atoms. The quantitative estimate of drug-likeness (QED) is 0.814. The van der Waals surface area contributed by atoms with E-state index in [2.05, 4.69) is 5.32 Å². The minimum Gasteiger partial charge on any atom is -0.377 e. The highest BCUT2D eigenvalue weighted by Gasteiger charge is 2.38. The van der Waals surface area contributed by atoms with Crippen LogP contribution in [0.25, 0.3) is 0 Å². The highest BCUT2D eigenvalue weighted by atomic mass is 19.4. The number of alkyl halides is 3. The van der Waals surface area contributed by atoms with Gasteiger partial charge in [-0.2, -0.15) is 13.2 Å². The summed E-state index contributed by atoms with van der Waals surface area (Å²) < 4.78 is 41.8. The highest BCUT2D eigenvalue weighted by molar-refractivity contribution is 5.94. The van der Waals surface area contributed by atoms with Crippen LogP contribution >= 0.6 is 0 Å². The van der Waals surface area contributed by atoms with Crippen molar-refractivity contribution >= 4 is 11.6 Å². The van der Waals surface area contributed by atoms with Gasteiger partial charge < -0.3 is 15.4 Å². The van der Waals surface area contributed by atoms with E-state index in [0.29, 0.717) is 19.7 Å². The summed E-state index contributed by atoms with van der Waals surface area (Å²) in [5.41, 5.74) is 0.896. The van der Waals surface area contributed by atoms with Gasteiger partial charge in [0.25, 0.3) is 0 Å². The van der Waals surface area contributed by atoms with Crippen molar-refractivity contribution in [3.8, 4) is 0 Å². The van der Waals surface area contributed by atoms with Gasteiger partial charge in [0.05, 0.1) is 6.10 Å². The number of rotatable bonds is 7. The van der Waals surface area contributed by atoms with E-state index in [0.717, 1.165) is 5.56 Å². The molecule has 7 heteroatoms. The van der Waals surface area contributed by atoms with Crippen LogP contribution in [0, 0.1) is 0 Å². The molecule has 0 saturated carbocycles. The van der Waals surface area contributed by atoms with Crippen LogP contribution in [0.1, 0.15) is 19.4 Å². The minimum absolute atomic E-state index is 0.0584. The van der Waals surface area contributed by atoms with Crippen molar-refractivity contribution in [1.82, 2.24) is 5.32 Å². The van der Waals surface area contributed by atoms with Crippen LogP contribution < -0.4 is 10.6 Å². The molecule has 0 fully saturated rings. The first-order valence-electron chi connectivity index (χ1n) is 6.62. The van der Waals surface area contributed by atoms with Crippen molar-refractivity contribution < 1.29 is 22.7 Å². The van der Waals surface area contributed by atoms with E-state index in [9.17, 15) is 18.0 Å². The van der Waals surface area contributed by atoms with Gasteiger partial charge in [0.15, 0.2) is 0 Å². The van der Waals surface area contributed by atoms with Gasteiger partial charge in [-0.1, -0.05) is 12.1 Å². The van der Waals surface area contributed by atoms with Crippen molar-refractivity contribution in [3.05, 3.63) is 29.8 Å². The predicted octanol–water partition coefficient (Wildman–Crippen LogP) is 2.70. The van der Waals surface area contributed by atoms with Crippen molar-refractivity contribution in [1.29, 1.82) is 0 Å². The zero-order chi connectivity index (χ0) is 15.9. The summed E-state index contributed by atoms with van der Waals surface area (Å²) in [7, 11) is 0. The van der Waals surface area contributed by atoms with E-state index in [-0.39, 0.29) is 11.8 Å². The standard InChI is InChI=1S/C14H19F3N2O2/c1-3-21-10(2)8-18-9-11-5-4-6-12(7-11)19-13(20)14(15,16)17/h4-7,10,18H,3,8-9H2,1-2H3,(H,19,20). The van der Waals surface area contributed by atoms with Gasteiger partial charge in [-0.15, -0.1) is 0 Å². The third kappa shape index (κ3) is 6.59. The van der Waals surface area contributed by atoms with Crippen LogP contribution in [0.15, 0.2) is 24.3 Å². The smallest absolute Gasteiger partial charge is 0.377 e. The molecule has 1 atom stereocenters. The molecule has 0 aliphatic heterocycles. The molecule has 0 aliphatic rings. The normalized spacial score (nSPS) is 13.0. The van der Waals surface area contributed by atoms with Crippen LogP contribution in [0.5, 0.6) is 0 Å². The maximum atomic E-state index is 12.2. The summed E-state index contributed by atoms with van der Waals surface area (Å²) in [5.74, 6) is -1.97. The Morgan fingerprint density at radius 2 is 2.10 bits per heavy atom. The number of benzene rings is 1. The lowest BCUT2D eigenvalue weighted by atomic mass is 10.2.